The van der Waals surface area contributed by atoms with Crippen LogP contribution in [0.5, 0.6) is 5.75 Å². The van der Waals surface area contributed by atoms with E-state index in [2.05, 4.69) is 4.99 Å². The fourth-order valence-electron chi connectivity index (χ4n) is 2.26. The lowest BCUT2D eigenvalue weighted by atomic mass is 10.1. The van der Waals surface area contributed by atoms with Crippen molar-refractivity contribution in [2.24, 2.45) is 16.5 Å². The van der Waals surface area contributed by atoms with Gasteiger partial charge in [0.2, 0.25) is 5.76 Å². The van der Waals surface area contributed by atoms with Gasteiger partial charge in [-0.3, -0.25) is 4.79 Å². The van der Waals surface area contributed by atoms with Gasteiger partial charge in [-0.25, -0.2) is 0 Å². The number of benzene rings is 2. The van der Waals surface area contributed by atoms with Gasteiger partial charge >= 0.3 is 5.91 Å². The van der Waals surface area contributed by atoms with E-state index in [1.807, 2.05) is 48.5 Å². The summed E-state index contributed by atoms with van der Waals surface area (Å²) in [4.78, 5) is 15.7. The van der Waals surface area contributed by atoms with Crippen LogP contribution in [-0.2, 0) is 6.61 Å². The predicted molar refractivity (Wildman–Crippen MR) is 94.4 cm³/mol. The highest BCUT2D eigenvalue weighted by molar-refractivity contribution is 6.04. The van der Waals surface area contributed by atoms with Gasteiger partial charge in [0.15, 0.2) is 5.96 Å². The van der Waals surface area contributed by atoms with Gasteiger partial charge in [0.05, 0.1) is 0 Å². The summed E-state index contributed by atoms with van der Waals surface area (Å²) in [5, 5.41) is 0.789. The van der Waals surface area contributed by atoms with Crippen LogP contribution in [0.15, 0.2) is 64.0 Å². The molecule has 0 saturated heterocycles. The molecule has 0 saturated carbocycles. The molecule has 124 valence electrons. The van der Waals surface area contributed by atoms with Gasteiger partial charge in [-0.1, -0.05) is 36.4 Å². The van der Waals surface area contributed by atoms with E-state index < -0.39 is 5.91 Å². The third-order valence-corrected chi connectivity index (χ3v) is 3.25. The standard InChI is InChI=1S/C17H15N3O3.ClH/c18-17(19)20-16(21)15-13(10-22-11-6-2-1-3-7-11)12-8-4-5-9-14(12)23-15;/h1-9H,10H2,(H4,18,19,20,21);1H. The Bertz CT molecular complexity index is 871. The number of carbonyl (C=O) groups excluding carboxylic acids is 1. The van der Waals surface area contributed by atoms with E-state index in [-0.39, 0.29) is 30.7 Å². The molecule has 4 N–H and O–H groups in total. The van der Waals surface area contributed by atoms with Crippen molar-refractivity contribution in [1.82, 2.24) is 0 Å². The van der Waals surface area contributed by atoms with E-state index in [9.17, 15) is 4.79 Å². The summed E-state index contributed by atoms with van der Waals surface area (Å²) in [5.74, 6) is -0.174. The minimum Gasteiger partial charge on any atom is -0.489 e. The smallest absolute Gasteiger partial charge is 0.316 e. The maximum atomic E-state index is 12.2. The van der Waals surface area contributed by atoms with Crippen LogP contribution in [0.25, 0.3) is 11.0 Å². The Morgan fingerprint density at radius 2 is 1.71 bits per heavy atom. The molecule has 0 fully saturated rings. The lowest BCUT2D eigenvalue weighted by Crippen LogP contribution is -2.24. The zero-order chi connectivity index (χ0) is 16.2. The Balaban J connectivity index is 0.00000208. The Morgan fingerprint density at radius 3 is 2.42 bits per heavy atom. The minimum atomic E-state index is -0.632. The van der Waals surface area contributed by atoms with Gasteiger partial charge in [0, 0.05) is 10.9 Å². The average molecular weight is 346 g/mol. The van der Waals surface area contributed by atoms with E-state index in [4.69, 9.17) is 20.6 Å². The first-order chi connectivity index (χ1) is 11.1. The minimum absolute atomic E-state index is 0. The third kappa shape index (κ3) is 3.67. The summed E-state index contributed by atoms with van der Waals surface area (Å²) < 4.78 is 11.3. The monoisotopic (exact) mass is 345 g/mol. The number of para-hydroxylation sites is 2. The summed E-state index contributed by atoms with van der Waals surface area (Å²) >= 11 is 0. The second-order valence-electron chi connectivity index (χ2n) is 4.85. The molecule has 3 aromatic rings. The second kappa shape index (κ2) is 7.52. The number of nitrogens with two attached hydrogens (primary N) is 2. The first-order valence-corrected chi connectivity index (χ1v) is 6.97. The first kappa shape index (κ1) is 17.4. The molecule has 0 bridgehead atoms. The molecular formula is C17H16ClN3O3. The normalized spacial score (nSPS) is 10.0. The van der Waals surface area contributed by atoms with E-state index in [0.29, 0.717) is 16.9 Å². The predicted octanol–water partition coefficient (Wildman–Crippen LogP) is 2.85. The van der Waals surface area contributed by atoms with E-state index in [1.54, 1.807) is 6.07 Å². The molecule has 0 atom stereocenters. The fourth-order valence-corrected chi connectivity index (χ4v) is 2.26. The quantitative estimate of drug-likeness (QED) is 0.559. The number of rotatable bonds is 4. The van der Waals surface area contributed by atoms with Crippen molar-refractivity contribution in [2.75, 3.05) is 0 Å². The Kier molecular flexibility index (Phi) is 5.44. The van der Waals surface area contributed by atoms with E-state index in [0.717, 1.165) is 5.39 Å². The van der Waals surface area contributed by atoms with Crippen molar-refractivity contribution in [3.8, 4) is 5.75 Å². The van der Waals surface area contributed by atoms with Crippen LogP contribution in [0, 0.1) is 0 Å². The number of guanidine groups is 1. The lowest BCUT2D eigenvalue weighted by Gasteiger charge is -2.05. The van der Waals surface area contributed by atoms with Crippen LogP contribution in [-0.4, -0.2) is 11.9 Å². The van der Waals surface area contributed by atoms with Crippen LogP contribution in [0.4, 0.5) is 0 Å². The van der Waals surface area contributed by atoms with Gasteiger partial charge in [-0.15, -0.1) is 12.4 Å². The number of aliphatic imine (C=N–C) groups is 1. The molecule has 0 aliphatic rings. The molecule has 1 aromatic heterocycles. The first-order valence-electron chi connectivity index (χ1n) is 6.97. The molecule has 1 amide bonds. The van der Waals surface area contributed by atoms with Crippen molar-refractivity contribution in [2.45, 2.75) is 6.61 Å². The molecule has 24 heavy (non-hydrogen) atoms. The molecule has 0 radical (unpaired) electrons. The summed E-state index contributed by atoms with van der Waals surface area (Å²) in [6.45, 7) is 0.169. The van der Waals surface area contributed by atoms with E-state index >= 15 is 0 Å². The molecule has 0 aliphatic carbocycles. The third-order valence-electron chi connectivity index (χ3n) is 3.25. The molecule has 7 heteroatoms. The van der Waals surface area contributed by atoms with E-state index in [1.165, 1.54) is 0 Å². The number of hydrogen-bond acceptors (Lipinski definition) is 3. The number of amides is 1. The zero-order valence-corrected chi connectivity index (χ0v) is 13.5. The van der Waals surface area contributed by atoms with Crippen molar-refractivity contribution >= 4 is 35.2 Å². The number of halogens is 1. The van der Waals surface area contributed by atoms with Crippen LogP contribution in [0.3, 0.4) is 0 Å². The summed E-state index contributed by atoms with van der Waals surface area (Å²) in [6, 6.07) is 16.6. The number of fused-ring (bicyclic) bond motifs is 1. The number of hydrogen-bond donors (Lipinski definition) is 2. The van der Waals surface area contributed by atoms with Crippen molar-refractivity contribution in [1.29, 1.82) is 0 Å². The Hall–Kier alpha value is -2.99. The highest BCUT2D eigenvalue weighted by Crippen LogP contribution is 2.27. The molecule has 0 spiro atoms. The topological polar surface area (TPSA) is 104 Å². The SMILES string of the molecule is Cl.NC(N)=NC(=O)c1oc2ccccc2c1COc1ccccc1. The highest BCUT2D eigenvalue weighted by Gasteiger charge is 2.20. The molecular weight excluding hydrogens is 330 g/mol. The number of nitrogens with zero attached hydrogens (tertiary/aromatic N) is 1. The molecule has 0 unspecified atom stereocenters. The number of carbonyl (C=O) groups is 1. The van der Waals surface area contributed by atoms with Crippen molar-refractivity contribution in [3.63, 3.8) is 0 Å². The Morgan fingerprint density at radius 1 is 1.04 bits per heavy atom. The summed E-state index contributed by atoms with van der Waals surface area (Å²) in [7, 11) is 0. The van der Waals surface area contributed by atoms with Gasteiger partial charge < -0.3 is 20.6 Å². The Labute approximate surface area is 144 Å². The molecule has 2 aromatic carbocycles. The van der Waals surface area contributed by atoms with Crippen molar-refractivity contribution < 1.29 is 13.9 Å². The van der Waals surface area contributed by atoms with Crippen LogP contribution in [0.1, 0.15) is 16.1 Å². The summed E-state index contributed by atoms with van der Waals surface area (Å²) in [5.41, 5.74) is 11.7. The zero-order valence-electron chi connectivity index (χ0n) is 12.6. The maximum absolute atomic E-state index is 12.2. The van der Waals surface area contributed by atoms with Gasteiger partial charge in [0.1, 0.15) is 17.9 Å². The molecule has 3 rings (SSSR count). The highest BCUT2D eigenvalue weighted by atomic mass is 35.5. The molecule has 6 nitrogen and oxygen atoms in total. The molecule has 0 aliphatic heterocycles. The van der Waals surface area contributed by atoms with Crippen molar-refractivity contribution in [3.05, 3.63) is 65.9 Å². The average Bonchev–Trinajstić information content (AvgIpc) is 2.92. The fraction of sp³-hybridized carbons (Fsp3) is 0.0588. The van der Waals surface area contributed by atoms with Gasteiger partial charge in [-0.05, 0) is 18.2 Å². The summed E-state index contributed by atoms with van der Waals surface area (Å²) in [6.07, 6.45) is 0. The van der Waals surface area contributed by atoms with Gasteiger partial charge in [0.25, 0.3) is 0 Å². The largest absolute Gasteiger partial charge is 0.489 e. The van der Waals surface area contributed by atoms with Gasteiger partial charge in [-0.2, -0.15) is 4.99 Å². The number of ether oxygens (including phenoxy) is 1. The van der Waals surface area contributed by atoms with Crippen LogP contribution in [0.2, 0.25) is 0 Å². The lowest BCUT2D eigenvalue weighted by molar-refractivity contribution is 0.0975. The van der Waals surface area contributed by atoms with Crippen LogP contribution >= 0.6 is 12.4 Å². The maximum Gasteiger partial charge on any atom is 0.316 e. The molecule has 1 heterocycles. The number of furan rings is 1. The van der Waals surface area contributed by atoms with Crippen LogP contribution < -0.4 is 16.2 Å². The second-order valence-corrected chi connectivity index (χ2v) is 4.85.